The van der Waals surface area contributed by atoms with Gasteiger partial charge >= 0.3 is 0 Å². The molecule has 7 heteroatoms. The highest BCUT2D eigenvalue weighted by Crippen LogP contribution is 2.23. The van der Waals surface area contributed by atoms with E-state index in [1.165, 1.54) is 4.52 Å². The fourth-order valence-corrected chi connectivity index (χ4v) is 2.19. The van der Waals surface area contributed by atoms with Gasteiger partial charge in [0.15, 0.2) is 17.1 Å². The number of nitrogens with one attached hydrogen (secondary N) is 1. The number of hydrogen-bond acceptors (Lipinski definition) is 6. The highest BCUT2D eigenvalue weighted by molar-refractivity contribution is 6.00. The van der Waals surface area contributed by atoms with Crippen LogP contribution in [0.4, 0.5) is 5.82 Å². The maximum absolute atomic E-state index is 7.62. The van der Waals surface area contributed by atoms with Gasteiger partial charge in [0, 0.05) is 5.69 Å². The molecule has 0 aliphatic rings. The quantitative estimate of drug-likeness (QED) is 0.637. The Bertz CT molecular complexity index is 831. The van der Waals surface area contributed by atoms with E-state index >= 15 is 0 Å². The molecule has 0 amide bonds. The Labute approximate surface area is 109 Å². The van der Waals surface area contributed by atoms with Crippen LogP contribution in [0.1, 0.15) is 23.9 Å². The van der Waals surface area contributed by atoms with Gasteiger partial charge in [-0.05, 0) is 32.4 Å². The molecule has 0 unspecified atom stereocenters. The van der Waals surface area contributed by atoms with Crippen molar-refractivity contribution in [2.75, 3.05) is 5.73 Å². The summed E-state index contributed by atoms with van der Waals surface area (Å²) in [7, 11) is 0. The fourth-order valence-electron chi connectivity index (χ4n) is 2.19. The Morgan fingerprint density at radius 1 is 1.32 bits per heavy atom. The van der Waals surface area contributed by atoms with E-state index in [2.05, 4.69) is 20.3 Å². The number of aryl methyl sites for hydroxylation is 2. The molecule has 0 radical (unpaired) electrons. The van der Waals surface area contributed by atoms with Crippen molar-refractivity contribution in [2.45, 2.75) is 20.8 Å². The Balaban J connectivity index is 2.50. The maximum atomic E-state index is 7.62. The second kappa shape index (κ2) is 3.71. The maximum Gasteiger partial charge on any atom is 0.189 e. The SMILES string of the molecule is CC(=N)c1nnc2c3c(C)cc(C)nc3nn2c1N. The third-order valence-electron chi connectivity index (χ3n) is 3.02. The van der Waals surface area contributed by atoms with Gasteiger partial charge in [0.2, 0.25) is 0 Å². The molecule has 0 spiro atoms. The standard InChI is InChI=1S/C12H13N7/c1-5-4-6(2)15-11-8(5)12-17-16-9(7(3)13)10(14)19(12)18-11/h4,13H,14H2,1-3H3. The van der Waals surface area contributed by atoms with Crippen LogP contribution in [0.3, 0.4) is 0 Å². The number of hydrogen-bond donors (Lipinski definition) is 2. The number of pyridine rings is 1. The monoisotopic (exact) mass is 255 g/mol. The number of nitrogens with zero attached hydrogens (tertiary/aromatic N) is 5. The minimum absolute atomic E-state index is 0.257. The lowest BCUT2D eigenvalue weighted by Gasteiger charge is -2.03. The number of fused-ring (bicyclic) bond motifs is 3. The van der Waals surface area contributed by atoms with Gasteiger partial charge in [-0.1, -0.05) is 0 Å². The average molecular weight is 255 g/mol. The first-order valence-corrected chi connectivity index (χ1v) is 5.83. The summed E-state index contributed by atoms with van der Waals surface area (Å²) in [6.45, 7) is 5.51. The van der Waals surface area contributed by atoms with Crippen molar-refractivity contribution >= 4 is 28.2 Å². The van der Waals surface area contributed by atoms with Crippen LogP contribution in [0.5, 0.6) is 0 Å². The van der Waals surface area contributed by atoms with Gasteiger partial charge in [-0.2, -0.15) is 4.52 Å². The van der Waals surface area contributed by atoms with Crippen molar-refractivity contribution in [3.05, 3.63) is 23.0 Å². The van der Waals surface area contributed by atoms with Crippen LogP contribution in [0.2, 0.25) is 0 Å². The lowest BCUT2D eigenvalue weighted by atomic mass is 10.2. The number of nitrogens with two attached hydrogens (primary N) is 1. The van der Waals surface area contributed by atoms with E-state index in [0.717, 1.165) is 16.6 Å². The molecule has 0 aromatic carbocycles. The van der Waals surface area contributed by atoms with E-state index < -0.39 is 0 Å². The first-order valence-electron chi connectivity index (χ1n) is 5.83. The van der Waals surface area contributed by atoms with Crippen LogP contribution in [0.15, 0.2) is 6.07 Å². The van der Waals surface area contributed by atoms with Crippen molar-refractivity contribution in [1.82, 2.24) is 24.8 Å². The molecule has 0 saturated heterocycles. The van der Waals surface area contributed by atoms with Gasteiger partial charge in [-0.15, -0.1) is 15.3 Å². The minimum atomic E-state index is 0.257. The minimum Gasteiger partial charge on any atom is -0.382 e. The summed E-state index contributed by atoms with van der Waals surface area (Å²) >= 11 is 0. The molecule has 0 saturated carbocycles. The molecule has 0 fully saturated rings. The third kappa shape index (κ3) is 1.55. The summed E-state index contributed by atoms with van der Waals surface area (Å²) < 4.78 is 1.50. The Morgan fingerprint density at radius 2 is 2.05 bits per heavy atom. The summed E-state index contributed by atoms with van der Waals surface area (Å²) in [6.07, 6.45) is 0. The highest BCUT2D eigenvalue weighted by Gasteiger charge is 2.16. The van der Waals surface area contributed by atoms with Gasteiger partial charge in [0.25, 0.3) is 0 Å². The van der Waals surface area contributed by atoms with E-state index in [0.29, 0.717) is 22.8 Å². The Morgan fingerprint density at radius 3 is 2.74 bits per heavy atom. The molecule has 0 bridgehead atoms. The molecule has 0 aliphatic heterocycles. The normalized spacial score (nSPS) is 11.3. The molecule has 0 aliphatic carbocycles. The largest absolute Gasteiger partial charge is 0.382 e. The van der Waals surface area contributed by atoms with Gasteiger partial charge in [-0.3, -0.25) is 0 Å². The smallest absolute Gasteiger partial charge is 0.189 e. The van der Waals surface area contributed by atoms with Crippen molar-refractivity contribution in [3.63, 3.8) is 0 Å². The van der Waals surface area contributed by atoms with Crippen LogP contribution in [-0.2, 0) is 0 Å². The second-order valence-electron chi connectivity index (χ2n) is 4.57. The van der Waals surface area contributed by atoms with Gasteiger partial charge in [-0.25, -0.2) is 4.98 Å². The topological polar surface area (TPSA) is 106 Å². The molecule has 19 heavy (non-hydrogen) atoms. The zero-order chi connectivity index (χ0) is 13.7. The molecule has 3 aromatic rings. The van der Waals surface area contributed by atoms with Gasteiger partial charge in [0.1, 0.15) is 5.69 Å². The zero-order valence-electron chi connectivity index (χ0n) is 10.9. The third-order valence-corrected chi connectivity index (χ3v) is 3.02. The first kappa shape index (κ1) is 11.5. The van der Waals surface area contributed by atoms with Crippen molar-refractivity contribution in [1.29, 1.82) is 5.41 Å². The Hall–Kier alpha value is -2.57. The van der Waals surface area contributed by atoms with Gasteiger partial charge in [0.05, 0.1) is 11.1 Å². The lowest BCUT2D eigenvalue weighted by molar-refractivity contribution is 0.899. The number of rotatable bonds is 1. The van der Waals surface area contributed by atoms with Gasteiger partial charge < -0.3 is 11.1 Å². The van der Waals surface area contributed by atoms with E-state index in [1.54, 1.807) is 6.92 Å². The molecule has 7 nitrogen and oxygen atoms in total. The van der Waals surface area contributed by atoms with E-state index in [-0.39, 0.29) is 5.71 Å². The molecule has 3 heterocycles. The predicted molar refractivity (Wildman–Crippen MR) is 72.5 cm³/mol. The first-order chi connectivity index (χ1) is 8.99. The van der Waals surface area contributed by atoms with Crippen molar-refractivity contribution < 1.29 is 0 Å². The van der Waals surface area contributed by atoms with E-state index in [1.807, 2.05) is 19.9 Å². The predicted octanol–water partition coefficient (Wildman–Crippen LogP) is 1.26. The molecule has 3 N–H and O–H groups in total. The summed E-state index contributed by atoms with van der Waals surface area (Å²) in [6, 6.07) is 1.97. The molecular weight excluding hydrogens is 242 g/mol. The fraction of sp³-hybridized carbons (Fsp3) is 0.250. The second-order valence-corrected chi connectivity index (χ2v) is 4.57. The van der Waals surface area contributed by atoms with Crippen LogP contribution in [-0.4, -0.2) is 30.5 Å². The zero-order valence-corrected chi connectivity index (χ0v) is 10.9. The number of aromatic nitrogens is 5. The number of nitrogen functional groups attached to an aromatic ring is 1. The molecule has 96 valence electrons. The van der Waals surface area contributed by atoms with Crippen LogP contribution < -0.4 is 5.73 Å². The summed E-state index contributed by atoms with van der Waals surface area (Å²) in [5, 5.41) is 21.0. The van der Waals surface area contributed by atoms with Crippen molar-refractivity contribution in [2.24, 2.45) is 0 Å². The summed E-state index contributed by atoms with van der Waals surface area (Å²) in [4.78, 5) is 4.38. The van der Waals surface area contributed by atoms with E-state index in [4.69, 9.17) is 11.1 Å². The van der Waals surface area contributed by atoms with E-state index in [9.17, 15) is 0 Å². The number of anilines is 1. The van der Waals surface area contributed by atoms with Crippen LogP contribution >= 0.6 is 0 Å². The highest BCUT2D eigenvalue weighted by atomic mass is 15.3. The molecule has 0 atom stereocenters. The van der Waals surface area contributed by atoms with Crippen LogP contribution in [0.25, 0.3) is 16.7 Å². The summed E-state index contributed by atoms with van der Waals surface area (Å²) in [5.41, 5.74) is 9.69. The lowest BCUT2D eigenvalue weighted by Crippen LogP contribution is -2.11. The molecule has 3 aromatic heterocycles. The Kier molecular flexibility index (Phi) is 2.25. The summed E-state index contributed by atoms with van der Waals surface area (Å²) in [5.74, 6) is 0.313. The van der Waals surface area contributed by atoms with Crippen LogP contribution in [0, 0.1) is 19.3 Å². The molecule has 3 rings (SSSR count). The molecular formula is C12H13N7. The van der Waals surface area contributed by atoms with Crippen molar-refractivity contribution in [3.8, 4) is 0 Å². The average Bonchev–Trinajstić information content (AvgIpc) is 2.68.